The number of amidine groups is 1. The Morgan fingerprint density at radius 1 is 1.04 bits per heavy atom. The van der Waals surface area contributed by atoms with Gasteiger partial charge in [0, 0.05) is 17.3 Å². The first kappa shape index (κ1) is 17.2. The number of rotatable bonds is 4. The number of nitrogens with zero attached hydrogens (tertiary/aromatic N) is 2. The first-order valence-electron chi connectivity index (χ1n) is 10.0. The van der Waals surface area contributed by atoms with Gasteiger partial charge in [0.25, 0.3) is 0 Å². The molecule has 1 saturated carbocycles. The Balaban J connectivity index is 1.55. The fourth-order valence-electron chi connectivity index (χ4n) is 4.52. The summed E-state index contributed by atoms with van der Waals surface area (Å²) in [6.45, 7) is 3.97. The van der Waals surface area contributed by atoms with Crippen molar-refractivity contribution in [2.75, 3.05) is 0 Å². The normalized spacial score (nSPS) is 24.8. The number of aliphatic imine (C=N–C) groups is 1. The second kappa shape index (κ2) is 6.61. The molecule has 140 valence electrons. The molecule has 0 bridgehead atoms. The topological polar surface area (TPSA) is 41.6 Å². The summed E-state index contributed by atoms with van der Waals surface area (Å²) in [5.41, 5.74) is 11.2. The average Bonchev–Trinajstić information content (AvgIpc) is 3.12. The summed E-state index contributed by atoms with van der Waals surface area (Å²) in [6.07, 6.45) is 11.5. The molecule has 3 nitrogen and oxygen atoms in total. The van der Waals surface area contributed by atoms with Crippen molar-refractivity contribution in [1.82, 2.24) is 4.90 Å². The van der Waals surface area contributed by atoms with Crippen LogP contribution in [0.1, 0.15) is 48.0 Å². The molecule has 28 heavy (non-hydrogen) atoms. The second-order valence-corrected chi connectivity index (χ2v) is 7.96. The molecule has 3 heteroatoms. The van der Waals surface area contributed by atoms with Crippen molar-refractivity contribution in [2.24, 2.45) is 10.7 Å². The molecule has 0 radical (unpaired) electrons. The van der Waals surface area contributed by atoms with Gasteiger partial charge in [0.15, 0.2) is 0 Å². The number of hydrogen-bond acceptors (Lipinski definition) is 3. The van der Waals surface area contributed by atoms with Crippen molar-refractivity contribution in [3.8, 4) is 0 Å². The van der Waals surface area contributed by atoms with Crippen LogP contribution in [-0.2, 0) is 5.54 Å². The summed E-state index contributed by atoms with van der Waals surface area (Å²) in [5, 5.41) is 0. The van der Waals surface area contributed by atoms with Crippen molar-refractivity contribution in [3.63, 3.8) is 0 Å². The largest absolute Gasteiger partial charge is 0.323 e. The van der Waals surface area contributed by atoms with Gasteiger partial charge in [-0.2, -0.15) is 0 Å². The third-order valence-electron chi connectivity index (χ3n) is 6.32. The quantitative estimate of drug-likeness (QED) is 0.811. The molecule has 0 spiro atoms. The smallest absolute Gasteiger partial charge is 0.136 e. The lowest BCUT2D eigenvalue weighted by Gasteiger charge is -2.38. The third-order valence-corrected chi connectivity index (χ3v) is 6.32. The minimum atomic E-state index is -0.127. The first-order chi connectivity index (χ1) is 13.7. The van der Waals surface area contributed by atoms with Crippen LogP contribution in [0.3, 0.4) is 0 Å². The van der Waals surface area contributed by atoms with Crippen LogP contribution in [0.15, 0.2) is 96.2 Å². The van der Waals surface area contributed by atoms with Crippen LogP contribution >= 0.6 is 0 Å². The van der Waals surface area contributed by atoms with Crippen molar-refractivity contribution in [1.29, 1.82) is 0 Å². The van der Waals surface area contributed by atoms with Gasteiger partial charge in [-0.1, -0.05) is 67.3 Å². The number of benzene rings is 2. The summed E-state index contributed by atoms with van der Waals surface area (Å²) in [7, 11) is 0. The summed E-state index contributed by atoms with van der Waals surface area (Å²) in [6, 6.07) is 19.6. The third kappa shape index (κ3) is 2.66. The Bertz CT molecular complexity index is 978. The van der Waals surface area contributed by atoms with Crippen LogP contribution < -0.4 is 5.73 Å². The summed E-state index contributed by atoms with van der Waals surface area (Å²) < 4.78 is 0. The lowest BCUT2D eigenvalue weighted by atomic mass is 9.72. The van der Waals surface area contributed by atoms with E-state index in [9.17, 15) is 0 Å². The van der Waals surface area contributed by atoms with E-state index >= 15 is 0 Å². The fraction of sp³-hybridized carbons (Fsp3) is 0.240. The van der Waals surface area contributed by atoms with Gasteiger partial charge in [0.05, 0.1) is 6.04 Å². The van der Waals surface area contributed by atoms with E-state index in [1.807, 2.05) is 6.08 Å². The molecule has 2 N–H and O–H groups in total. The zero-order valence-electron chi connectivity index (χ0n) is 16.0. The van der Waals surface area contributed by atoms with Gasteiger partial charge in [0.2, 0.25) is 0 Å². The summed E-state index contributed by atoms with van der Waals surface area (Å²) in [4.78, 5) is 7.42. The standard InChI is InChI=1S/C25H25N3/c1-2-18-10-6-17-28-23(20-8-4-3-5-9-20)22(27-24(18)28)19-11-13-21(14-12-19)25(26)15-7-16-25/h2-6,8-14,17,22-23H,1,7,15-16,26H2. The molecule has 1 fully saturated rings. The van der Waals surface area contributed by atoms with E-state index in [1.54, 1.807) is 0 Å². The minimum absolute atomic E-state index is 0.0349. The van der Waals surface area contributed by atoms with Gasteiger partial charge in [-0.15, -0.1) is 0 Å². The minimum Gasteiger partial charge on any atom is -0.323 e. The van der Waals surface area contributed by atoms with E-state index < -0.39 is 0 Å². The van der Waals surface area contributed by atoms with Gasteiger partial charge in [0.1, 0.15) is 11.9 Å². The van der Waals surface area contributed by atoms with Gasteiger partial charge >= 0.3 is 0 Å². The Morgan fingerprint density at radius 2 is 1.79 bits per heavy atom. The van der Waals surface area contributed by atoms with Crippen LogP contribution in [0.25, 0.3) is 0 Å². The van der Waals surface area contributed by atoms with Gasteiger partial charge in [-0.05, 0) is 48.1 Å². The highest BCUT2D eigenvalue weighted by Crippen LogP contribution is 2.45. The molecular weight excluding hydrogens is 342 g/mol. The maximum absolute atomic E-state index is 6.51. The van der Waals surface area contributed by atoms with Crippen LogP contribution in [0.2, 0.25) is 0 Å². The van der Waals surface area contributed by atoms with Crippen molar-refractivity contribution >= 4 is 5.84 Å². The average molecular weight is 367 g/mol. The fourth-order valence-corrected chi connectivity index (χ4v) is 4.52. The molecule has 2 atom stereocenters. The van der Waals surface area contributed by atoms with Gasteiger partial charge < -0.3 is 10.6 Å². The van der Waals surface area contributed by atoms with E-state index in [4.69, 9.17) is 10.7 Å². The molecule has 2 aromatic rings. The van der Waals surface area contributed by atoms with E-state index in [0.717, 1.165) is 24.3 Å². The molecule has 2 aromatic carbocycles. The Kier molecular flexibility index (Phi) is 4.06. The number of allylic oxidation sites excluding steroid dienone is 2. The molecule has 2 aliphatic heterocycles. The highest BCUT2D eigenvalue weighted by molar-refractivity contribution is 6.04. The molecule has 0 aromatic heterocycles. The molecule has 1 aliphatic carbocycles. The van der Waals surface area contributed by atoms with E-state index in [1.165, 1.54) is 23.1 Å². The maximum atomic E-state index is 6.51. The highest BCUT2D eigenvalue weighted by Gasteiger charge is 2.39. The number of fused-ring (bicyclic) bond motifs is 1. The van der Waals surface area contributed by atoms with E-state index in [0.29, 0.717) is 0 Å². The zero-order chi connectivity index (χ0) is 19.1. The van der Waals surface area contributed by atoms with Gasteiger partial charge in [-0.25, -0.2) is 0 Å². The Morgan fingerprint density at radius 3 is 2.43 bits per heavy atom. The predicted octanol–water partition coefficient (Wildman–Crippen LogP) is 5.16. The Hall–Kier alpha value is -2.91. The van der Waals surface area contributed by atoms with Crippen molar-refractivity contribution in [2.45, 2.75) is 36.9 Å². The van der Waals surface area contributed by atoms with Gasteiger partial charge in [-0.3, -0.25) is 4.99 Å². The lowest BCUT2D eigenvalue weighted by molar-refractivity contribution is 0.253. The van der Waals surface area contributed by atoms with Crippen LogP contribution in [-0.4, -0.2) is 10.7 Å². The first-order valence-corrected chi connectivity index (χ1v) is 10.0. The molecular formula is C25H25N3. The SMILES string of the molecule is C=CC1=CC=CN2C1=NC(c1ccc(C3(N)CCC3)cc1)C2c1ccccc1. The molecule has 2 unspecified atom stereocenters. The summed E-state index contributed by atoms with van der Waals surface area (Å²) in [5.74, 6) is 0.995. The monoisotopic (exact) mass is 367 g/mol. The van der Waals surface area contributed by atoms with Crippen molar-refractivity contribution < 1.29 is 0 Å². The van der Waals surface area contributed by atoms with Crippen LogP contribution in [0.5, 0.6) is 0 Å². The number of hydrogen-bond donors (Lipinski definition) is 1. The van der Waals surface area contributed by atoms with E-state index in [-0.39, 0.29) is 17.6 Å². The molecule has 0 saturated heterocycles. The van der Waals surface area contributed by atoms with E-state index in [2.05, 4.69) is 84.4 Å². The molecule has 5 rings (SSSR count). The highest BCUT2D eigenvalue weighted by atomic mass is 15.3. The molecule has 2 heterocycles. The second-order valence-electron chi connectivity index (χ2n) is 7.96. The molecule has 3 aliphatic rings. The summed E-state index contributed by atoms with van der Waals surface area (Å²) >= 11 is 0. The maximum Gasteiger partial charge on any atom is 0.136 e. The van der Waals surface area contributed by atoms with Crippen LogP contribution in [0, 0.1) is 0 Å². The predicted molar refractivity (Wildman–Crippen MR) is 115 cm³/mol. The zero-order valence-corrected chi connectivity index (χ0v) is 16.0. The Labute approximate surface area is 166 Å². The van der Waals surface area contributed by atoms with Crippen molar-refractivity contribution in [3.05, 3.63) is 108 Å². The lowest BCUT2D eigenvalue weighted by Crippen LogP contribution is -2.43. The van der Waals surface area contributed by atoms with Crippen LogP contribution in [0.4, 0.5) is 0 Å². The number of nitrogens with two attached hydrogens (primary N) is 1. The molecule has 0 amide bonds.